The van der Waals surface area contributed by atoms with Gasteiger partial charge in [-0.05, 0) is 37.1 Å². The molecule has 5 N–H and O–H groups in total. The van der Waals surface area contributed by atoms with E-state index in [1.807, 2.05) is 45.0 Å². The van der Waals surface area contributed by atoms with Crippen LogP contribution in [0, 0.1) is 6.92 Å². The largest absolute Gasteiger partial charge is 0.416 e. The first-order chi connectivity index (χ1) is 20.0. The molecule has 0 fully saturated rings. The number of benzene rings is 3. The second-order valence-electron chi connectivity index (χ2n) is 9.14. The molecule has 3 aromatic carbocycles. The molecule has 42 heavy (non-hydrogen) atoms. The number of carbonyl (C=O) groups excluding carboxylic acids is 3. The van der Waals surface area contributed by atoms with E-state index in [9.17, 15) is 27.6 Å². The van der Waals surface area contributed by atoms with E-state index in [-0.39, 0.29) is 29.7 Å². The summed E-state index contributed by atoms with van der Waals surface area (Å²) < 4.78 is 39.6. The highest BCUT2D eigenvalue weighted by Gasteiger charge is 2.37. The van der Waals surface area contributed by atoms with E-state index in [1.165, 1.54) is 47.1 Å². The molecule has 1 heterocycles. The molecule has 0 aromatic heterocycles. The number of amides is 3. The van der Waals surface area contributed by atoms with Crippen molar-refractivity contribution >= 4 is 23.9 Å². The van der Waals surface area contributed by atoms with Crippen LogP contribution in [0.1, 0.15) is 56.8 Å². The minimum absolute atomic E-state index is 0.0269. The minimum atomic E-state index is -4.54. The van der Waals surface area contributed by atoms with Gasteiger partial charge in [0.1, 0.15) is 0 Å². The van der Waals surface area contributed by atoms with Gasteiger partial charge >= 0.3 is 6.18 Å². The quantitative estimate of drug-likeness (QED) is 0.152. The molecule has 1 aliphatic rings. The van der Waals surface area contributed by atoms with Gasteiger partial charge < -0.3 is 16.1 Å². The summed E-state index contributed by atoms with van der Waals surface area (Å²) in [5.41, 5.74) is 8.16. The second-order valence-corrected chi connectivity index (χ2v) is 9.14. The zero-order chi connectivity index (χ0) is 31.4. The van der Waals surface area contributed by atoms with Crippen molar-refractivity contribution in [2.75, 3.05) is 13.6 Å². The SMILES string of the molecule is CC.Cc1ccc(/C(=C/N)N(C)N)cc1.O=CNC(Cc1ccccc1C(F)(F)F)CN1C(=O)c2ccccc2C1=O. The summed E-state index contributed by atoms with van der Waals surface area (Å²) in [7, 11) is 1.76. The van der Waals surface area contributed by atoms with Crippen LogP contribution in [0.3, 0.4) is 0 Å². The molecule has 11 heteroatoms. The van der Waals surface area contributed by atoms with Gasteiger partial charge in [-0.2, -0.15) is 13.2 Å². The number of aryl methyl sites for hydroxylation is 1. The lowest BCUT2D eigenvalue weighted by Gasteiger charge is -2.23. The minimum Gasteiger partial charge on any atom is -0.403 e. The zero-order valence-electron chi connectivity index (χ0n) is 24.0. The van der Waals surface area contributed by atoms with E-state index in [2.05, 4.69) is 5.32 Å². The molecule has 8 nitrogen and oxygen atoms in total. The third-order valence-electron chi connectivity index (χ3n) is 6.26. The average molecular weight is 584 g/mol. The smallest absolute Gasteiger partial charge is 0.403 e. The zero-order valence-corrected chi connectivity index (χ0v) is 24.0. The van der Waals surface area contributed by atoms with Crippen LogP contribution in [-0.2, 0) is 17.4 Å². The maximum absolute atomic E-state index is 13.2. The number of nitrogens with zero attached hydrogens (tertiary/aromatic N) is 2. The summed E-state index contributed by atoms with van der Waals surface area (Å²) in [6.07, 6.45) is -2.87. The van der Waals surface area contributed by atoms with Crippen LogP contribution in [0.15, 0.2) is 79.0 Å². The number of imide groups is 1. The van der Waals surface area contributed by atoms with Crippen LogP contribution in [0.4, 0.5) is 13.2 Å². The van der Waals surface area contributed by atoms with Gasteiger partial charge in [-0.3, -0.25) is 19.3 Å². The maximum atomic E-state index is 13.2. The molecule has 0 aliphatic carbocycles. The summed E-state index contributed by atoms with van der Waals surface area (Å²) in [4.78, 5) is 36.7. The van der Waals surface area contributed by atoms with Crippen LogP contribution in [0.2, 0.25) is 0 Å². The third kappa shape index (κ3) is 8.43. The van der Waals surface area contributed by atoms with Gasteiger partial charge in [0, 0.05) is 25.4 Å². The predicted molar refractivity (Wildman–Crippen MR) is 157 cm³/mol. The molecule has 4 rings (SSSR count). The van der Waals surface area contributed by atoms with Crippen molar-refractivity contribution in [2.24, 2.45) is 11.6 Å². The number of rotatable bonds is 8. The monoisotopic (exact) mass is 583 g/mol. The van der Waals surface area contributed by atoms with Crippen molar-refractivity contribution in [1.29, 1.82) is 0 Å². The van der Waals surface area contributed by atoms with Gasteiger partial charge in [0.05, 0.1) is 28.4 Å². The Labute approximate surface area is 243 Å². The molecule has 224 valence electrons. The van der Waals surface area contributed by atoms with Crippen molar-refractivity contribution in [2.45, 2.75) is 39.4 Å². The number of hydrogen-bond acceptors (Lipinski definition) is 6. The molecule has 1 aliphatic heterocycles. The van der Waals surface area contributed by atoms with Crippen LogP contribution in [-0.4, -0.2) is 47.8 Å². The topological polar surface area (TPSA) is 122 Å². The number of carbonyl (C=O) groups is 3. The first-order valence-electron chi connectivity index (χ1n) is 13.2. The molecule has 3 amide bonds. The average Bonchev–Trinajstić information content (AvgIpc) is 3.20. The van der Waals surface area contributed by atoms with E-state index in [1.54, 1.807) is 19.2 Å². The fourth-order valence-corrected chi connectivity index (χ4v) is 4.28. The Morgan fingerprint density at radius 2 is 1.48 bits per heavy atom. The van der Waals surface area contributed by atoms with Gasteiger partial charge in [-0.25, -0.2) is 5.84 Å². The van der Waals surface area contributed by atoms with Crippen LogP contribution >= 0.6 is 0 Å². The number of nitrogens with two attached hydrogens (primary N) is 2. The van der Waals surface area contributed by atoms with E-state index >= 15 is 0 Å². The molecular weight excluding hydrogens is 547 g/mol. The Morgan fingerprint density at radius 3 is 1.95 bits per heavy atom. The maximum Gasteiger partial charge on any atom is 0.416 e. The van der Waals surface area contributed by atoms with Crippen molar-refractivity contribution in [1.82, 2.24) is 15.2 Å². The Morgan fingerprint density at radius 1 is 0.952 bits per heavy atom. The van der Waals surface area contributed by atoms with Gasteiger partial charge in [-0.15, -0.1) is 0 Å². The highest BCUT2D eigenvalue weighted by atomic mass is 19.4. The fourth-order valence-electron chi connectivity index (χ4n) is 4.28. The molecule has 0 radical (unpaired) electrons. The number of hydrazine groups is 1. The third-order valence-corrected chi connectivity index (χ3v) is 6.26. The van der Waals surface area contributed by atoms with Gasteiger partial charge in [0.15, 0.2) is 0 Å². The number of hydrogen-bond donors (Lipinski definition) is 3. The first-order valence-corrected chi connectivity index (χ1v) is 13.2. The van der Waals surface area contributed by atoms with Crippen molar-refractivity contribution in [3.05, 3.63) is 112 Å². The van der Waals surface area contributed by atoms with E-state index in [0.717, 1.165) is 22.2 Å². The lowest BCUT2D eigenvalue weighted by Crippen LogP contribution is -2.44. The molecule has 0 saturated heterocycles. The lowest BCUT2D eigenvalue weighted by atomic mass is 9.99. The highest BCUT2D eigenvalue weighted by Crippen LogP contribution is 2.32. The molecule has 0 saturated carbocycles. The number of nitrogens with one attached hydrogen (secondary N) is 1. The summed E-state index contributed by atoms with van der Waals surface area (Å²) in [6.45, 7) is 5.82. The lowest BCUT2D eigenvalue weighted by molar-refractivity contribution is -0.138. The van der Waals surface area contributed by atoms with Crippen LogP contribution in [0.25, 0.3) is 5.70 Å². The Bertz CT molecular complexity index is 1350. The highest BCUT2D eigenvalue weighted by molar-refractivity contribution is 6.21. The fraction of sp³-hybridized carbons (Fsp3) is 0.258. The molecule has 0 bridgehead atoms. The Kier molecular flexibility index (Phi) is 12.3. The van der Waals surface area contributed by atoms with Crippen LogP contribution in [0.5, 0.6) is 0 Å². The summed E-state index contributed by atoms with van der Waals surface area (Å²) in [6, 6.07) is 18.5. The molecular formula is C31H36F3N5O3. The summed E-state index contributed by atoms with van der Waals surface area (Å²) in [5.74, 6) is 4.54. The normalized spacial score (nSPS) is 13.2. The molecule has 3 aromatic rings. The number of fused-ring (bicyclic) bond motifs is 1. The molecule has 1 unspecified atom stereocenters. The molecule has 1 atom stereocenters. The summed E-state index contributed by atoms with van der Waals surface area (Å²) >= 11 is 0. The summed E-state index contributed by atoms with van der Waals surface area (Å²) in [5, 5.41) is 3.92. The molecule has 0 spiro atoms. The second kappa shape index (κ2) is 15.4. The Balaban J connectivity index is 0.000000345. The van der Waals surface area contributed by atoms with Gasteiger partial charge in [0.2, 0.25) is 6.41 Å². The number of halogens is 3. The van der Waals surface area contributed by atoms with Crippen molar-refractivity contribution < 1.29 is 27.6 Å². The Hall–Kier alpha value is -4.64. The standard InChI is InChI=1S/C19H15F3N2O3.C10H15N3.C2H6/c20-19(21,22)16-8-4-1-5-12(16)9-13(23-11-25)10-24-17(26)14-6-2-3-7-15(14)18(24)27;1-8-3-5-9(6-4-8)10(7-11)13(2)12;1-2/h1-8,11,13H,9-10H2,(H,23,25);3-7H,11-12H2,1-2H3;1-2H3/b;10-7-;. The first kappa shape index (κ1) is 33.6. The van der Waals surface area contributed by atoms with Crippen LogP contribution < -0.4 is 16.9 Å². The van der Waals surface area contributed by atoms with E-state index in [4.69, 9.17) is 11.6 Å². The number of alkyl halides is 3. The van der Waals surface area contributed by atoms with E-state index in [0.29, 0.717) is 6.41 Å². The van der Waals surface area contributed by atoms with Gasteiger partial charge in [-0.1, -0.05) is 74.0 Å². The predicted octanol–water partition coefficient (Wildman–Crippen LogP) is 4.74. The van der Waals surface area contributed by atoms with Crippen molar-refractivity contribution in [3.8, 4) is 0 Å². The van der Waals surface area contributed by atoms with Crippen molar-refractivity contribution in [3.63, 3.8) is 0 Å². The van der Waals surface area contributed by atoms with Gasteiger partial charge in [0.25, 0.3) is 11.8 Å². The van der Waals surface area contributed by atoms with E-state index < -0.39 is 29.6 Å².